The standard InChI is InChI=1S/C13H17N3O3S/c17-13(16-9-5-2-6-10-16)12(14-15-20(18)19)11-7-3-1-4-8-11/h1,3-4,7-8,15H,2,5-6,9-10H2,(H,18,19)/p-1/b14-12-. The van der Waals surface area contributed by atoms with Crippen LogP contribution < -0.4 is 4.83 Å². The van der Waals surface area contributed by atoms with Gasteiger partial charge in [0.15, 0.2) is 5.71 Å². The van der Waals surface area contributed by atoms with E-state index in [2.05, 4.69) is 5.10 Å². The summed E-state index contributed by atoms with van der Waals surface area (Å²) in [4.78, 5) is 16.1. The topological polar surface area (TPSA) is 84.8 Å². The summed E-state index contributed by atoms with van der Waals surface area (Å²) in [5.41, 5.74) is 0.720. The van der Waals surface area contributed by atoms with E-state index in [1.807, 2.05) is 10.9 Å². The lowest BCUT2D eigenvalue weighted by molar-refractivity contribution is -0.124. The Balaban J connectivity index is 2.24. The van der Waals surface area contributed by atoms with E-state index >= 15 is 0 Å². The quantitative estimate of drug-likeness (QED) is 0.506. The van der Waals surface area contributed by atoms with E-state index in [0.717, 1.165) is 19.3 Å². The van der Waals surface area contributed by atoms with Crippen molar-refractivity contribution >= 4 is 22.9 Å². The first-order valence-electron chi connectivity index (χ1n) is 6.46. The van der Waals surface area contributed by atoms with E-state index in [1.54, 1.807) is 29.2 Å². The molecule has 7 heteroatoms. The summed E-state index contributed by atoms with van der Waals surface area (Å²) in [6.07, 6.45) is 3.05. The molecule has 1 heterocycles. The number of carbonyl (C=O) groups excluding carboxylic acids is 1. The van der Waals surface area contributed by atoms with E-state index in [4.69, 9.17) is 0 Å². The summed E-state index contributed by atoms with van der Waals surface area (Å²) < 4.78 is 21.2. The fourth-order valence-corrected chi connectivity index (χ4v) is 2.33. The second-order valence-corrected chi connectivity index (χ2v) is 5.16. The Bertz CT molecular complexity index is 513. The van der Waals surface area contributed by atoms with E-state index in [9.17, 15) is 13.6 Å². The smallest absolute Gasteiger partial charge is 0.274 e. The molecule has 1 N–H and O–H groups in total. The molecule has 0 spiro atoms. The van der Waals surface area contributed by atoms with Gasteiger partial charge in [-0.05, 0) is 19.3 Å². The number of hydrogen-bond donors (Lipinski definition) is 1. The molecule has 1 atom stereocenters. The zero-order valence-electron chi connectivity index (χ0n) is 10.9. The van der Waals surface area contributed by atoms with Crippen LogP contribution in [-0.2, 0) is 16.1 Å². The maximum Gasteiger partial charge on any atom is 0.274 e. The fourth-order valence-electron chi connectivity index (χ4n) is 2.16. The molecule has 6 nitrogen and oxygen atoms in total. The Kier molecular flexibility index (Phi) is 5.25. The third-order valence-electron chi connectivity index (χ3n) is 3.13. The van der Waals surface area contributed by atoms with Crippen molar-refractivity contribution in [1.82, 2.24) is 9.73 Å². The van der Waals surface area contributed by atoms with Crippen LogP contribution >= 0.6 is 0 Å². The number of likely N-dealkylation sites (tertiary alicyclic amines) is 1. The molecule has 20 heavy (non-hydrogen) atoms. The van der Waals surface area contributed by atoms with Gasteiger partial charge >= 0.3 is 0 Å². The number of benzene rings is 1. The van der Waals surface area contributed by atoms with Crippen LogP contribution in [0.4, 0.5) is 0 Å². The zero-order chi connectivity index (χ0) is 14.4. The Labute approximate surface area is 120 Å². The van der Waals surface area contributed by atoms with Crippen molar-refractivity contribution in [2.45, 2.75) is 19.3 Å². The van der Waals surface area contributed by atoms with Crippen molar-refractivity contribution in [2.24, 2.45) is 5.10 Å². The predicted molar refractivity (Wildman–Crippen MR) is 75.5 cm³/mol. The molecule has 2 rings (SSSR count). The molecular weight excluding hydrogens is 278 g/mol. The number of hydrogen-bond acceptors (Lipinski definition) is 4. The first kappa shape index (κ1) is 14.7. The highest BCUT2D eigenvalue weighted by Crippen LogP contribution is 2.12. The zero-order valence-corrected chi connectivity index (χ0v) is 11.8. The Hall–Kier alpha value is -1.73. The van der Waals surface area contributed by atoms with Crippen molar-refractivity contribution in [2.75, 3.05) is 13.1 Å². The van der Waals surface area contributed by atoms with Gasteiger partial charge < -0.3 is 9.45 Å². The summed E-state index contributed by atoms with van der Waals surface area (Å²) >= 11 is -2.54. The van der Waals surface area contributed by atoms with Crippen molar-refractivity contribution in [3.63, 3.8) is 0 Å². The molecule has 0 bridgehead atoms. The molecule has 1 aliphatic heterocycles. The van der Waals surface area contributed by atoms with Crippen LogP contribution in [0.25, 0.3) is 0 Å². The molecule has 1 aromatic carbocycles. The monoisotopic (exact) mass is 294 g/mol. The van der Waals surface area contributed by atoms with Crippen molar-refractivity contribution in [3.8, 4) is 0 Å². The van der Waals surface area contributed by atoms with Gasteiger partial charge in [-0.25, -0.2) is 4.83 Å². The SMILES string of the molecule is O=C(/C(=N\NS(=O)[O-])c1ccccc1)N1CCCCC1. The Morgan fingerprint density at radius 3 is 2.45 bits per heavy atom. The first-order valence-corrected chi connectivity index (χ1v) is 7.53. The molecule has 1 amide bonds. The largest absolute Gasteiger partial charge is 0.754 e. The van der Waals surface area contributed by atoms with Gasteiger partial charge in [0, 0.05) is 18.7 Å². The van der Waals surface area contributed by atoms with Gasteiger partial charge in [-0.3, -0.25) is 9.00 Å². The van der Waals surface area contributed by atoms with Crippen molar-refractivity contribution < 1.29 is 13.6 Å². The Morgan fingerprint density at radius 2 is 1.85 bits per heavy atom. The number of nitrogens with zero attached hydrogens (tertiary/aromatic N) is 2. The lowest BCUT2D eigenvalue weighted by Gasteiger charge is -2.27. The van der Waals surface area contributed by atoms with Gasteiger partial charge in [0.05, 0.1) is 11.3 Å². The summed E-state index contributed by atoms with van der Waals surface area (Å²) in [6.45, 7) is 1.37. The van der Waals surface area contributed by atoms with Gasteiger partial charge in [0.1, 0.15) is 0 Å². The molecular formula is C13H16N3O3S-. The maximum atomic E-state index is 12.5. The lowest BCUT2D eigenvalue weighted by atomic mass is 10.1. The molecule has 1 saturated heterocycles. The summed E-state index contributed by atoms with van der Waals surface area (Å²) in [5.74, 6) is -0.242. The molecule has 0 saturated carbocycles. The number of nitrogens with one attached hydrogen (secondary N) is 1. The number of amides is 1. The average Bonchev–Trinajstić information content (AvgIpc) is 2.49. The normalized spacial score (nSPS) is 17.6. The number of hydrazone groups is 1. The molecule has 0 radical (unpaired) electrons. The van der Waals surface area contributed by atoms with Crippen LogP contribution in [0.2, 0.25) is 0 Å². The van der Waals surface area contributed by atoms with Gasteiger partial charge in [0.2, 0.25) is 0 Å². The minimum Gasteiger partial charge on any atom is -0.754 e. The molecule has 0 aliphatic carbocycles. The predicted octanol–water partition coefficient (Wildman–Crippen LogP) is 0.787. The lowest BCUT2D eigenvalue weighted by Crippen LogP contribution is -2.41. The minimum atomic E-state index is -2.54. The third-order valence-corrected chi connectivity index (χ3v) is 3.37. The van der Waals surface area contributed by atoms with Crippen LogP contribution in [0.3, 0.4) is 0 Å². The minimum absolute atomic E-state index is 0.122. The molecule has 1 fully saturated rings. The van der Waals surface area contributed by atoms with Crippen LogP contribution in [0.15, 0.2) is 35.4 Å². The maximum absolute atomic E-state index is 12.5. The molecule has 1 aliphatic rings. The summed E-state index contributed by atoms with van der Waals surface area (Å²) in [7, 11) is 0. The third kappa shape index (κ3) is 3.88. The van der Waals surface area contributed by atoms with Gasteiger partial charge in [0.25, 0.3) is 5.91 Å². The fraction of sp³-hybridized carbons (Fsp3) is 0.385. The van der Waals surface area contributed by atoms with Crippen LogP contribution in [0.1, 0.15) is 24.8 Å². The highest BCUT2D eigenvalue weighted by molar-refractivity contribution is 7.77. The number of rotatable bonds is 4. The van der Waals surface area contributed by atoms with Crippen molar-refractivity contribution in [3.05, 3.63) is 35.9 Å². The van der Waals surface area contributed by atoms with Crippen molar-refractivity contribution in [1.29, 1.82) is 0 Å². The van der Waals surface area contributed by atoms with E-state index in [-0.39, 0.29) is 11.6 Å². The number of piperidine rings is 1. The number of carbonyl (C=O) groups is 1. The van der Waals surface area contributed by atoms with Crippen LogP contribution in [0, 0.1) is 0 Å². The Morgan fingerprint density at radius 1 is 1.20 bits per heavy atom. The second-order valence-electron chi connectivity index (χ2n) is 4.51. The van der Waals surface area contributed by atoms with Crippen LogP contribution in [0.5, 0.6) is 0 Å². The molecule has 108 valence electrons. The molecule has 1 aromatic rings. The highest BCUT2D eigenvalue weighted by atomic mass is 32.2. The summed E-state index contributed by atoms with van der Waals surface area (Å²) in [6, 6.07) is 8.85. The van der Waals surface area contributed by atoms with Gasteiger partial charge in [-0.15, -0.1) is 0 Å². The van der Waals surface area contributed by atoms with E-state index in [1.165, 1.54) is 0 Å². The van der Waals surface area contributed by atoms with Crippen LogP contribution in [-0.4, -0.2) is 38.4 Å². The molecule has 1 unspecified atom stereocenters. The highest BCUT2D eigenvalue weighted by Gasteiger charge is 2.22. The van der Waals surface area contributed by atoms with E-state index in [0.29, 0.717) is 18.7 Å². The van der Waals surface area contributed by atoms with Gasteiger partial charge in [-0.1, -0.05) is 30.3 Å². The van der Waals surface area contributed by atoms with E-state index < -0.39 is 11.3 Å². The first-order chi connectivity index (χ1) is 9.68. The molecule has 0 aromatic heterocycles. The van der Waals surface area contributed by atoms with Gasteiger partial charge in [-0.2, -0.15) is 5.10 Å². The average molecular weight is 294 g/mol. The summed E-state index contributed by atoms with van der Waals surface area (Å²) in [5, 5.41) is 3.73. The second kappa shape index (κ2) is 7.16.